The van der Waals surface area contributed by atoms with Gasteiger partial charge in [-0.1, -0.05) is 78.6 Å². The first-order valence-corrected chi connectivity index (χ1v) is 26.4. The smallest absolute Gasteiger partial charge is 0.311 e. The summed E-state index contributed by atoms with van der Waals surface area (Å²) in [4.78, 5) is 40.7. The minimum absolute atomic E-state index is 0.0732. The van der Waals surface area contributed by atoms with Gasteiger partial charge in [-0.2, -0.15) is 0 Å². The summed E-state index contributed by atoms with van der Waals surface area (Å²) in [6.07, 6.45) is -23.5. The monoisotopic (exact) mass is 1040 g/mol. The second-order valence-electron chi connectivity index (χ2n) is 20.5. The molecule has 0 aromatic rings. The van der Waals surface area contributed by atoms with Gasteiger partial charge in [-0.3, -0.25) is 14.4 Å². The zero-order chi connectivity index (χ0) is 53.0. The number of hydrogen-bond acceptors (Lipinski definition) is 22. The Morgan fingerprint density at radius 2 is 1.21 bits per heavy atom. The summed E-state index contributed by atoms with van der Waals surface area (Å²) in [5, 5.41) is 89.4. The lowest BCUT2D eigenvalue weighted by Crippen LogP contribution is -2.68. The molecule has 22 nitrogen and oxygen atoms in total. The fourth-order valence-electron chi connectivity index (χ4n) is 9.42. The van der Waals surface area contributed by atoms with E-state index < -0.39 is 165 Å². The Bertz CT molecular complexity index is 1640. The lowest BCUT2D eigenvalue weighted by atomic mass is 9.95. The molecule has 5 rings (SSSR count). The van der Waals surface area contributed by atoms with Crippen molar-refractivity contribution in [3.05, 3.63) is 0 Å². The third kappa shape index (κ3) is 15.9. The van der Waals surface area contributed by atoms with Gasteiger partial charge in [0.1, 0.15) is 73.8 Å². The van der Waals surface area contributed by atoms with Crippen molar-refractivity contribution in [1.29, 1.82) is 0 Å². The van der Waals surface area contributed by atoms with Crippen LogP contribution in [0.3, 0.4) is 0 Å². The molecule has 5 fully saturated rings. The van der Waals surface area contributed by atoms with Crippen LogP contribution in [-0.4, -0.2) is 200 Å². The van der Waals surface area contributed by atoms with Gasteiger partial charge < -0.3 is 93.0 Å². The molecule has 5 aliphatic heterocycles. The number of unbranched alkanes of at least 4 members (excludes halogenated alkanes) is 2. The first kappa shape index (κ1) is 60.6. The number of esters is 3. The van der Waals surface area contributed by atoms with E-state index in [1.807, 2.05) is 0 Å². The number of carbonyl (C=O) groups is 3. The first-order chi connectivity index (χ1) is 34.2. The quantitative estimate of drug-likeness (QED) is 0.0737. The number of hydrogen-bond donors (Lipinski definition) is 8. The van der Waals surface area contributed by atoms with Gasteiger partial charge >= 0.3 is 17.9 Å². The molecule has 0 saturated carbocycles. The highest BCUT2D eigenvalue weighted by atomic mass is 16.8. The van der Waals surface area contributed by atoms with Crippen molar-refractivity contribution >= 4 is 17.9 Å². The fraction of sp³-hybridized carbons (Fsp3) is 0.940. The van der Waals surface area contributed by atoms with Crippen LogP contribution in [0.5, 0.6) is 0 Å². The maximum absolute atomic E-state index is 13.9. The van der Waals surface area contributed by atoms with Gasteiger partial charge in [0.25, 0.3) is 0 Å². The van der Waals surface area contributed by atoms with E-state index in [4.69, 9.17) is 52.1 Å². The number of rotatable bonds is 13. The van der Waals surface area contributed by atoms with Crippen molar-refractivity contribution in [3.8, 4) is 0 Å². The number of fused-ring (bicyclic) bond motifs is 4. The molecule has 2 bridgehead atoms. The fourth-order valence-corrected chi connectivity index (χ4v) is 9.42. The third-order valence-corrected chi connectivity index (χ3v) is 14.7. The van der Waals surface area contributed by atoms with Gasteiger partial charge in [0.2, 0.25) is 6.29 Å². The average Bonchev–Trinajstić information content (AvgIpc) is 3.34. The van der Waals surface area contributed by atoms with Gasteiger partial charge in [0.05, 0.1) is 42.4 Å². The Hall–Kier alpha value is -2.23. The van der Waals surface area contributed by atoms with Crippen molar-refractivity contribution in [3.63, 3.8) is 0 Å². The summed E-state index contributed by atoms with van der Waals surface area (Å²) in [5.74, 6) is -4.08. The minimum Gasteiger partial charge on any atom is -0.463 e. The highest BCUT2D eigenvalue weighted by Gasteiger charge is 2.57. The molecule has 0 spiro atoms. The number of aliphatic hydroxyl groups is 8. The lowest BCUT2D eigenvalue weighted by molar-refractivity contribution is -0.402. The standard InChI is InChI=1S/C50H86O22/c1-9-11-17-20-30-21-18-15-13-12-14-16-19-22-32(52)68-43-40(71-47-39(59)36(56)33(53)27(6)63-47)29(8)65-50(44(43)70-46(61)25(4)26(5)51)72-49-42(69-41-37(57)34(54)28(7)64-48(41)66-30)38(58)35(55)31(67-49)23-62-45(60)24(3)10-2/h24-31,33-44,47-51,53-59H,9-23H2,1-8H3/t24-,25?,26+,27+,28+,29+,30-,31+,33+,34+,35+,36-,37-,38-,39+,40-,41+,42+,43+,44+,47-,48-,49-,50-/m0/s1. The van der Waals surface area contributed by atoms with Gasteiger partial charge in [-0.05, 0) is 60.3 Å². The molecule has 5 aliphatic rings. The Labute approximate surface area is 423 Å². The lowest BCUT2D eigenvalue weighted by Gasteiger charge is -2.50. The molecule has 0 amide bonds. The van der Waals surface area contributed by atoms with E-state index in [0.29, 0.717) is 32.1 Å². The third-order valence-electron chi connectivity index (χ3n) is 14.7. The number of ether oxygens (including phenoxy) is 11. The Kier molecular flexibility index (Phi) is 24.2. The normalized spacial score (nSPS) is 42.4. The molecule has 0 aromatic carbocycles. The van der Waals surface area contributed by atoms with E-state index in [-0.39, 0.29) is 12.5 Å². The van der Waals surface area contributed by atoms with E-state index >= 15 is 0 Å². The number of aliphatic hydroxyl groups excluding tert-OH is 8. The van der Waals surface area contributed by atoms with Crippen molar-refractivity contribution in [1.82, 2.24) is 0 Å². The molecule has 418 valence electrons. The van der Waals surface area contributed by atoms with E-state index in [1.54, 1.807) is 20.8 Å². The van der Waals surface area contributed by atoms with Gasteiger partial charge in [-0.15, -0.1) is 0 Å². The van der Waals surface area contributed by atoms with Crippen LogP contribution in [0.2, 0.25) is 0 Å². The molecule has 0 radical (unpaired) electrons. The summed E-state index contributed by atoms with van der Waals surface area (Å²) >= 11 is 0. The van der Waals surface area contributed by atoms with Crippen molar-refractivity contribution in [2.75, 3.05) is 6.61 Å². The SMILES string of the molecule is CCCCC[C@H]1CCCCCCCCCC(=O)O[C@@H]2[C@@H](O[C@@H]3O[C@H](C)[C@@H](O)[C@H](O)[C@H]3O)[C@@H](C)O[C@@H](O[C@@H]3O[C@H](COC(=O)[C@@H](C)CC)[C@@H](O)[C@H](O)[C@H]3O[C@H]3[C@H](O1)O[C@H](C)[C@@H](O)[C@@H]3O)[C@@H]2OC(=O)C(C)[C@@H](C)O. The molecule has 8 N–H and O–H groups in total. The predicted octanol–water partition coefficient (Wildman–Crippen LogP) is 1.55. The van der Waals surface area contributed by atoms with Crippen molar-refractivity contribution in [2.24, 2.45) is 11.8 Å². The summed E-state index contributed by atoms with van der Waals surface area (Å²) in [6, 6.07) is 0. The minimum atomic E-state index is -1.96. The summed E-state index contributed by atoms with van der Waals surface area (Å²) in [7, 11) is 0. The van der Waals surface area contributed by atoms with Gasteiger partial charge in [0, 0.05) is 6.42 Å². The van der Waals surface area contributed by atoms with Crippen molar-refractivity contribution < 1.29 is 107 Å². The molecule has 72 heavy (non-hydrogen) atoms. The van der Waals surface area contributed by atoms with Gasteiger partial charge in [0.15, 0.2) is 31.1 Å². The van der Waals surface area contributed by atoms with Crippen LogP contribution in [-0.2, 0) is 66.5 Å². The summed E-state index contributed by atoms with van der Waals surface area (Å²) in [5.41, 5.74) is 0. The highest BCUT2D eigenvalue weighted by Crippen LogP contribution is 2.38. The Morgan fingerprint density at radius 1 is 0.611 bits per heavy atom. The van der Waals surface area contributed by atoms with Crippen LogP contribution in [0.1, 0.15) is 145 Å². The molecule has 5 saturated heterocycles. The molecular weight excluding hydrogens is 953 g/mol. The zero-order valence-electron chi connectivity index (χ0n) is 43.3. The second-order valence-corrected chi connectivity index (χ2v) is 20.5. The van der Waals surface area contributed by atoms with Crippen LogP contribution in [0, 0.1) is 11.8 Å². The molecule has 0 aliphatic carbocycles. The molecule has 1 unspecified atom stereocenters. The van der Waals surface area contributed by atoms with Gasteiger partial charge in [-0.25, -0.2) is 0 Å². The summed E-state index contributed by atoms with van der Waals surface area (Å²) in [6.45, 7) is 12.2. The van der Waals surface area contributed by atoms with Crippen molar-refractivity contribution in [2.45, 2.75) is 280 Å². The molecule has 24 atom stereocenters. The van der Waals surface area contributed by atoms with E-state index in [2.05, 4.69) is 6.92 Å². The Morgan fingerprint density at radius 3 is 1.86 bits per heavy atom. The van der Waals surface area contributed by atoms with Crippen LogP contribution in [0.4, 0.5) is 0 Å². The molecular formula is C50H86O22. The molecule has 0 aromatic heterocycles. The van der Waals surface area contributed by atoms with E-state index in [0.717, 1.165) is 51.4 Å². The molecule has 22 heteroatoms. The number of carbonyl (C=O) groups excluding carboxylic acids is 3. The topological polar surface area (TPSA) is 315 Å². The van der Waals surface area contributed by atoms with E-state index in [9.17, 15) is 55.2 Å². The second kappa shape index (κ2) is 28.8. The summed E-state index contributed by atoms with van der Waals surface area (Å²) < 4.78 is 68.3. The van der Waals surface area contributed by atoms with Crippen LogP contribution in [0.25, 0.3) is 0 Å². The zero-order valence-corrected chi connectivity index (χ0v) is 43.3. The Balaban J connectivity index is 1.61. The van der Waals surface area contributed by atoms with Crippen LogP contribution in [0.15, 0.2) is 0 Å². The van der Waals surface area contributed by atoms with E-state index in [1.165, 1.54) is 27.7 Å². The van der Waals surface area contributed by atoms with Crippen LogP contribution >= 0.6 is 0 Å². The average molecular weight is 1040 g/mol. The first-order valence-electron chi connectivity index (χ1n) is 26.4. The maximum atomic E-state index is 13.9. The predicted molar refractivity (Wildman–Crippen MR) is 250 cm³/mol. The van der Waals surface area contributed by atoms with Crippen LogP contribution < -0.4 is 0 Å². The largest absolute Gasteiger partial charge is 0.463 e. The maximum Gasteiger partial charge on any atom is 0.311 e. The molecule has 5 heterocycles. The highest BCUT2D eigenvalue weighted by molar-refractivity contribution is 5.73.